The highest BCUT2D eigenvalue weighted by Crippen LogP contribution is 2.26. The molecule has 85 heavy (non-hydrogen) atoms. The number of benzene rings is 2. The number of hydrogen-bond acceptors (Lipinski definition) is 11. The molecule has 1 aliphatic heterocycles. The molecular weight excluding hydrogens is 1060 g/mol. The van der Waals surface area contributed by atoms with Crippen LogP contribution in [0.3, 0.4) is 0 Å². The van der Waals surface area contributed by atoms with Crippen molar-refractivity contribution in [1.82, 2.24) is 24.8 Å². The Morgan fingerprint density at radius 2 is 0.976 bits per heavy atom. The largest absolute Gasteiger partial charge is 0.445 e. The van der Waals surface area contributed by atoms with Gasteiger partial charge in [0.2, 0.25) is 0 Å². The predicted molar refractivity (Wildman–Crippen MR) is 345 cm³/mol. The van der Waals surface area contributed by atoms with Gasteiger partial charge in [0.25, 0.3) is 0 Å². The van der Waals surface area contributed by atoms with E-state index in [2.05, 4.69) is 139 Å². The normalized spacial score (nSPS) is 13.8. The lowest BCUT2D eigenvalue weighted by Crippen LogP contribution is -2.40. The molecule has 7 rings (SSSR count). The van der Waals surface area contributed by atoms with Gasteiger partial charge in [-0.05, 0) is 129 Å². The van der Waals surface area contributed by atoms with Gasteiger partial charge in [0.15, 0.2) is 5.78 Å². The van der Waals surface area contributed by atoms with Crippen LogP contribution in [0.5, 0.6) is 0 Å². The van der Waals surface area contributed by atoms with Crippen LogP contribution in [0.2, 0.25) is 0 Å². The van der Waals surface area contributed by atoms with Gasteiger partial charge in [-0.2, -0.15) is 0 Å². The summed E-state index contributed by atoms with van der Waals surface area (Å²) in [4.78, 5) is 79.4. The van der Waals surface area contributed by atoms with Crippen LogP contribution in [0.4, 0.5) is 4.79 Å². The van der Waals surface area contributed by atoms with E-state index in [1.165, 1.54) is 33.4 Å². The first-order valence-electron chi connectivity index (χ1n) is 30.8. The molecule has 0 saturated carbocycles. The van der Waals surface area contributed by atoms with Crippen molar-refractivity contribution in [2.45, 2.75) is 203 Å². The molecule has 0 spiro atoms. The highest BCUT2D eigenvalue weighted by Gasteiger charge is 2.34. The first kappa shape index (κ1) is 70.4. The van der Waals surface area contributed by atoms with Gasteiger partial charge in [0, 0.05) is 93.6 Å². The Kier molecular flexibility index (Phi) is 29.3. The minimum atomic E-state index is -0.400. The quantitative estimate of drug-likeness (QED) is 0.0646. The second-order valence-electron chi connectivity index (χ2n) is 25.9. The maximum Gasteiger partial charge on any atom is 0.410 e. The number of pyridine rings is 4. The molecule has 12 heteroatoms. The molecule has 1 saturated heterocycles. The number of nitrogens with zero attached hydrogens (tertiary/aromatic N) is 5. The van der Waals surface area contributed by atoms with E-state index < -0.39 is 6.09 Å². The van der Waals surface area contributed by atoms with Crippen LogP contribution in [0.1, 0.15) is 203 Å². The molecule has 1 amide bonds. The molecule has 3 atom stereocenters. The molecule has 2 N–H and O–H groups in total. The molecule has 4 aromatic heterocycles. The van der Waals surface area contributed by atoms with Crippen LogP contribution in [0.25, 0.3) is 0 Å². The SMILES string of the molecule is CC(C)(C)c1cncc(CCC(=O)CN)c1.CC(C)c1cncc(CCC(=O)[C@@H](C)C(C)C)c1.CC(C)c1cncc(CCC(=O)[C@@H]2CCCN2C(=O)OCc2ccccc2)c1.C[C@@H](Cc1ccccc1)C(=O)CCc1cncc(C(C)(C)C)c1. The van der Waals surface area contributed by atoms with Gasteiger partial charge in [0.05, 0.1) is 12.6 Å². The van der Waals surface area contributed by atoms with Crippen LogP contribution in [-0.4, -0.2) is 73.2 Å². The monoisotopic (exact) mass is 1160 g/mol. The van der Waals surface area contributed by atoms with Crippen molar-refractivity contribution in [2.75, 3.05) is 13.1 Å². The standard InChI is InChI=1S/C23H28N2O3.C21H27NO.C16H25NO.C13H20N2O/c1-17(2)20-13-19(14-24-15-20)10-11-22(26)21-9-6-12-25(21)23(27)28-16-18-7-4-3-5-8-18;1-16(12-17-8-6-5-7-9-17)20(23)11-10-18-13-19(15-22-14-18)21(2,3)4;1-11(2)13(5)16(18)7-6-14-8-15(12(3)4)10-17-9-14;1-13(2,3)11-6-10(8-15-9-11)4-5-12(16)7-14/h3-5,7-8,13-15,17,21H,6,9-12,16H2,1-2H3;5-9,13-16H,10-12H2,1-4H3;8-13H,6-7H2,1-5H3;6,8-9H,4-5,7,14H2,1-3H3/t21-;16-;13-;/m000./s1. The number of nitrogens with two attached hydrogens (primary N) is 1. The van der Waals surface area contributed by atoms with Crippen molar-refractivity contribution in [3.05, 3.63) is 190 Å². The van der Waals surface area contributed by atoms with Crippen molar-refractivity contribution in [3.8, 4) is 0 Å². The van der Waals surface area contributed by atoms with Gasteiger partial charge >= 0.3 is 6.09 Å². The third-order valence-electron chi connectivity index (χ3n) is 15.7. The lowest BCUT2D eigenvalue weighted by Gasteiger charge is -2.23. The maximum absolute atomic E-state index is 12.8. The third-order valence-corrected chi connectivity index (χ3v) is 15.7. The number of aryl methyl sites for hydroxylation is 4. The van der Waals surface area contributed by atoms with E-state index in [1.54, 1.807) is 4.90 Å². The molecule has 2 aromatic carbocycles. The smallest absolute Gasteiger partial charge is 0.410 e. The van der Waals surface area contributed by atoms with E-state index in [0.717, 1.165) is 54.4 Å². The Balaban J connectivity index is 0.000000249. The van der Waals surface area contributed by atoms with Crippen LogP contribution in [0.15, 0.2) is 135 Å². The van der Waals surface area contributed by atoms with E-state index >= 15 is 0 Å². The molecular formula is C73H100N6O6. The number of Topliss-reactive ketones (excluding diaryl/α,β-unsaturated/α-hetero) is 4. The van der Waals surface area contributed by atoms with E-state index in [4.69, 9.17) is 10.5 Å². The number of ether oxygens (including phenoxy) is 1. The Morgan fingerprint density at radius 3 is 1.44 bits per heavy atom. The number of carbonyl (C=O) groups is 5. The van der Waals surface area contributed by atoms with E-state index in [0.29, 0.717) is 74.4 Å². The van der Waals surface area contributed by atoms with Gasteiger partial charge in [0.1, 0.15) is 24.0 Å². The van der Waals surface area contributed by atoms with Gasteiger partial charge in [-0.25, -0.2) is 4.79 Å². The number of amides is 1. The number of aromatic nitrogens is 4. The average Bonchev–Trinajstić information content (AvgIpc) is 4.27. The molecule has 1 aliphatic rings. The topological polar surface area (TPSA) is 175 Å². The van der Waals surface area contributed by atoms with Gasteiger partial charge in [-0.15, -0.1) is 0 Å². The molecule has 12 nitrogen and oxygen atoms in total. The fourth-order valence-corrected chi connectivity index (χ4v) is 9.39. The lowest BCUT2D eigenvalue weighted by atomic mass is 9.87. The zero-order valence-corrected chi connectivity index (χ0v) is 53.8. The summed E-state index contributed by atoms with van der Waals surface area (Å²) in [5, 5.41) is 0. The fraction of sp³-hybridized carbons (Fsp3) is 0.493. The molecule has 0 aliphatic carbocycles. The minimum Gasteiger partial charge on any atom is -0.445 e. The van der Waals surface area contributed by atoms with Crippen molar-refractivity contribution >= 4 is 29.2 Å². The second kappa shape index (κ2) is 35.4. The first-order chi connectivity index (χ1) is 40.2. The molecule has 6 aromatic rings. The number of hydrogen-bond donors (Lipinski definition) is 1. The Morgan fingerprint density at radius 1 is 0.541 bits per heavy atom. The highest BCUT2D eigenvalue weighted by atomic mass is 16.6. The minimum absolute atomic E-state index is 0.0659. The van der Waals surface area contributed by atoms with Crippen LogP contribution in [0, 0.1) is 17.8 Å². The number of carbonyl (C=O) groups excluding carboxylic acids is 5. The molecule has 458 valence electrons. The van der Waals surface area contributed by atoms with Crippen molar-refractivity contribution in [2.24, 2.45) is 23.5 Å². The van der Waals surface area contributed by atoms with E-state index in [-0.39, 0.29) is 53.4 Å². The summed E-state index contributed by atoms with van der Waals surface area (Å²) >= 11 is 0. The Hall–Kier alpha value is -7.05. The van der Waals surface area contributed by atoms with Crippen molar-refractivity contribution in [3.63, 3.8) is 0 Å². The van der Waals surface area contributed by atoms with E-state index in [1.807, 2.05) is 112 Å². The average molecular weight is 1160 g/mol. The van der Waals surface area contributed by atoms with Crippen molar-refractivity contribution < 1.29 is 28.7 Å². The van der Waals surface area contributed by atoms with Crippen LogP contribution in [-0.2, 0) is 73.5 Å². The maximum atomic E-state index is 12.8. The zero-order chi connectivity index (χ0) is 62.7. The Labute approximate surface area is 510 Å². The van der Waals surface area contributed by atoms with E-state index in [9.17, 15) is 24.0 Å². The van der Waals surface area contributed by atoms with Crippen molar-refractivity contribution in [1.29, 1.82) is 0 Å². The number of rotatable bonds is 23. The molecule has 0 bridgehead atoms. The first-order valence-corrected chi connectivity index (χ1v) is 30.8. The molecule has 5 heterocycles. The van der Waals surface area contributed by atoms with Gasteiger partial charge in [-0.1, -0.05) is 182 Å². The fourth-order valence-electron chi connectivity index (χ4n) is 9.39. The number of ketones is 4. The summed E-state index contributed by atoms with van der Waals surface area (Å²) in [7, 11) is 0. The third kappa shape index (κ3) is 25.6. The Bertz CT molecular complexity index is 3000. The molecule has 0 radical (unpaired) electrons. The summed E-state index contributed by atoms with van der Waals surface area (Å²) in [6, 6.07) is 28.0. The summed E-state index contributed by atoms with van der Waals surface area (Å²) in [6.45, 7) is 30.8. The highest BCUT2D eigenvalue weighted by molar-refractivity contribution is 5.88. The van der Waals surface area contributed by atoms with Gasteiger partial charge in [-0.3, -0.25) is 44.0 Å². The van der Waals surface area contributed by atoms with Crippen LogP contribution < -0.4 is 5.73 Å². The summed E-state index contributed by atoms with van der Waals surface area (Å²) < 4.78 is 5.42. The summed E-state index contributed by atoms with van der Waals surface area (Å²) in [5.74, 6) is 2.44. The molecule has 1 fully saturated rings. The lowest BCUT2D eigenvalue weighted by molar-refractivity contribution is -0.124. The van der Waals surface area contributed by atoms with Gasteiger partial charge < -0.3 is 10.5 Å². The molecule has 0 unspecified atom stereocenters. The second-order valence-corrected chi connectivity index (χ2v) is 25.9. The summed E-state index contributed by atoms with van der Waals surface area (Å²) in [6.07, 6.45) is 22.0. The van der Waals surface area contributed by atoms with Crippen LogP contribution >= 0.6 is 0 Å². The summed E-state index contributed by atoms with van der Waals surface area (Å²) in [5.41, 5.74) is 17.0. The zero-order valence-electron chi connectivity index (χ0n) is 53.8. The number of likely N-dealkylation sites (tertiary alicyclic amines) is 1. The predicted octanol–water partition coefficient (Wildman–Crippen LogP) is 15.1.